The smallest absolute Gasteiger partial charge is 0.306 e. The van der Waals surface area contributed by atoms with Crippen LogP contribution in [0.5, 0.6) is 0 Å². The van der Waals surface area contributed by atoms with E-state index in [0.717, 1.165) is 18.6 Å². The van der Waals surface area contributed by atoms with Crippen molar-refractivity contribution in [2.75, 3.05) is 0 Å². The molecule has 16 heavy (non-hydrogen) atoms. The first kappa shape index (κ1) is 11.0. The van der Waals surface area contributed by atoms with Gasteiger partial charge in [-0.1, -0.05) is 6.07 Å². The van der Waals surface area contributed by atoms with E-state index >= 15 is 0 Å². The highest BCUT2D eigenvalue weighted by molar-refractivity contribution is 5.71. The SMILES string of the molecule is O=C(O)C1CCC1Cc1ccc(F)c(F)c1. The monoisotopic (exact) mass is 226 g/mol. The van der Waals surface area contributed by atoms with Crippen molar-refractivity contribution in [3.63, 3.8) is 0 Å². The minimum absolute atomic E-state index is 0.0577. The molecule has 1 saturated carbocycles. The number of carbonyl (C=O) groups is 1. The maximum Gasteiger partial charge on any atom is 0.306 e. The molecule has 0 aliphatic heterocycles. The van der Waals surface area contributed by atoms with Crippen LogP contribution in [0.2, 0.25) is 0 Å². The molecule has 0 radical (unpaired) electrons. The fourth-order valence-electron chi connectivity index (χ4n) is 2.11. The Hall–Kier alpha value is -1.45. The van der Waals surface area contributed by atoms with Crippen LogP contribution in [-0.2, 0) is 11.2 Å². The van der Waals surface area contributed by atoms with Crippen LogP contribution in [0.25, 0.3) is 0 Å². The zero-order chi connectivity index (χ0) is 11.7. The minimum Gasteiger partial charge on any atom is -0.481 e. The lowest BCUT2D eigenvalue weighted by atomic mass is 9.71. The van der Waals surface area contributed by atoms with Crippen LogP contribution in [0.4, 0.5) is 8.78 Å². The molecule has 1 aromatic carbocycles. The van der Waals surface area contributed by atoms with Gasteiger partial charge in [-0.15, -0.1) is 0 Å². The van der Waals surface area contributed by atoms with Crippen LogP contribution in [0.3, 0.4) is 0 Å². The van der Waals surface area contributed by atoms with Gasteiger partial charge in [-0.05, 0) is 42.9 Å². The number of benzene rings is 1. The molecule has 4 heteroatoms. The molecule has 0 bridgehead atoms. The fourth-order valence-corrected chi connectivity index (χ4v) is 2.11. The van der Waals surface area contributed by atoms with E-state index < -0.39 is 17.6 Å². The Morgan fingerprint density at radius 3 is 2.56 bits per heavy atom. The molecule has 0 aromatic heterocycles. The highest BCUT2D eigenvalue weighted by atomic mass is 19.2. The van der Waals surface area contributed by atoms with Crippen LogP contribution in [0, 0.1) is 23.5 Å². The summed E-state index contributed by atoms with van der Waals surface area (Å²) < 4.78 is 25.6. The number of rotatable bonds is 3. The summed E-state index contributed by atoms with van der Waals surface area (Å²) in [6.45, 7) is 0. The minimum atomic E-state index is -0.872. The zero-order valence-corrected chi connectivity index (χ0v) is 8.62. The van der Waals surface area contributed by atoms with Crippen molar-refractivity contribution in [1.29, 1.82) is 0 Å². The van der Waals surface area contributed by atoms with E-state index in [1.54, 1.807) is 0 Å². The van der Waals surface area contributed by atoms with Crippen molar-refractivity contribution in [3.05, 3.63) is 35.4 Å². The molecule has 2 nitrogen and oxygen atoms in total. The molecule has 1 fully saturated rings. The van der Waals surface area contributed by atoms with Gasteiger partial charge in [0.05, 0.1) is 5.92 Å². The maximum atomic E-state index is 12.9. The van der Waals surface area contributed by atoms with Crippen LogP contribution in [0.15, 0.2) is 18.2 Å². The summed E-state index contributed by atoms with van der Waals surface area (Å²) in [6.07, 6.45) is 2.04. The number of hydrogen-bond acceptors (Lipinski definition) is 1. The normalized spacial score (nSPS) is 23.9. The molecule has 2 unspecified atom stereocenters. The first-order valence-electron chi connectivity index (χ1n) is 5.24. The van der Waals surface area contributed by atoms with Crippen molar-refractivity contribution in [1.82, 2.24) is 0 Å². The average molecular weight is 226 g/mol. The molecule has 0 heterocycles. The Bertz CT molecular complexity index is 417. The summed E-state index contributed by atoms with van der Waals surface area (Å²) >= 11 is 0. The van der Waals surface area contributed by atoms with E-state index in [-0.39, 0.29) is 11.8 Å². The molecule has 1 N–H and O–H groups in total. The van der Waals surface area contributed by atoms with E-state index in [1.165, 1.54) is 6.07 Å². The molecule has 1 aliphatic carbocycles. The van der Waals surface area contributed by atoms with Gasteiger partial charge in [0.1, 0.15) is 0 Å². The van der Waals surface area contributed by atoms with E-state index in [4.69, 9.17) is 5.11 Å². The molecular formula is C12H12F2O2. The van der Waals surface area contributed by atoms with Gasteiger partial charge < -0.3 is 5.11 Å². The molecule has 0 spiro atoms. The zero-order valence-electron chi connectivity index (χ0n) is 8.62. The third-order valence-electron chi connectivity index (χ3n) is 3.22. The van der Waals surface area contributed by atoms with Gasteiger partial charge in [0.25, 0.3) is 0 Å². The molecular weight excluding hydrogens is 214 g/mol. The summed E-state index contributed by atoms with van der Waals surface area (Å²) in [5, 5.41) is 8.85. The van der Waals surface area contributed by atoms with Gasteiger partial charge >= 0.3 is 5.97 Å². The molecule has 1 aromatic rings. The molecule has 0 saturated heterocycles. The second-order valence-corrected chi connectivity index (χ2v) is 4.23. The second kappa shape index (κ2) is 4.20. The van der Waals surface area contributed by atoms with Crippen LogP contribution in [-0.4, -0.2) is 11.1 Å². The number of hydrogen-bond donors (Lipinski definition) is 1. The summed E-state index contributed by atoms with van der Waals surface area (Å²) in [5.74, 6) is -2.80. The predicted molar refractivity (Wildman–Crippen MR) is 53.9 cm³/mol. The standard InChI is InChI=1S/C12H12F2O2/c13-10-4-1-7(6-11(10)14)5-8-2-3-9(8)12(15)16/h1,4,6,8-9H,2-3,5H2,(H,15,16). The van der Waals surface area contributed by atoms with Gasteiger partial charge in [0.15, 0.2) is 11.6 Å². The summed E-state index contributed by atoms with van der Waals surface area (Å²) in [6, 6.07) is 3.74. The molecule has 1 aliphatic rings. The second-order valence-electron chi connectivity index (χ2n) is 4.23. The lowest BCUT2D eigenvalue weighted by Gasteiger charge is -2.33. The third kappa shape index (κ3) is 2.05. The Morgan fingerprint density at radius 2 is 2.06 bits per heavy atom. The van der Waals surface area contributed by atoms with Crippen LogP contribution < -0.4 is 0 Å². The van der Waals surface area contributed by atoms with Gasteiger partial charge in [0.2, 0.25) is 0 Å². The Labute approximate surface area is 91.9 Å². The van der Waals surface area contributed by atoms with Crippen molar-refractivity contribution in [2.45, 2.75) is 19.3 Å². The number of halogens is 2. The Kier molecular flexibility index (Phi) is 2.90. The fraction of sp³-hybridized carbons (Fsp3) is 0.417. The van der Waals surface area contributed by atoms with E-state index in [9.17, 15) is 13.6 Å². The van der Waals surface area contributed by atoms with Crippen molar-refractivity contribution in [3.8, 4) is 0 Å². The highest BCUT2D eigenvalue weighted by Crippen LogP contribution is 2.37. The van der Waals surface area contributed by atoms with Gasteiger partial charge in [-0.2, -0.15) is 0 Å². The topological polar surface area (TPSA) is 37.3 Å². The predicted octanol–water partition coefficient (Wildman–Crippen LogP) is 2.62. The first-order valence-corrected chi connectivity index (χ1v) is 5.24. The first-order chi connectivity index (χ1) is 7.58. The lowest BCUT2D eigenvalue weighted by molar-refractivity contribution is -0.147. The van der Waals surface area contributed by atoms with Crippen molar-refractivity contribution >= 4 is 5.97 Å². The highest BCUT2D eigenvalue weighted by Gasteiger charge is 2.36. The summed E-state index contributed by atoms with van der Waals surface area (Å²) in [4.78, 5) is 10.8. The number of carboxylic acid groups (broad SMARTS) is 1. The molecule has 0 amide bonds. The third-order valence-corrected chi connectivity index (χ3v) is 3.22. The van der Waals surface area contributed by atoms with Gasteiger partial charge in [0, 0.05) is 0 Å². The van der Waals surface area contributed by atoms with Crippen molar-refractivity contribution < 1.29 is 18.7 Å². The summed E-state index contributed by atoms with van der Waals surface area (Å²) in [7, 11) is 0. The Morgan fingerprint density at radius 1 is 1.31 bits per heavy atom. The van der Waals surface area contributed by atoms with Gasteiger partial charge in [-0.25, -0.2) is 8.78 Å². The van der Waals surface area contributed by atoms with E-state index in [0.29, 0.717) is 18.4 Å². The maximum absolute atomic E-state index is 12.9. The molecule has 2 atom stereocenters. The van der Waals surface area contributed by atoms with Gasteiger partial charge in [-0.3, -0.25) is 4.79 Å². The molecule has 2 rings (SSSR count). The lowest BCUT2D eigenvalue weighted by Crippen LogP contribution is -2.34. The van der Waals surface area contributed by atoms with E-state index in [1.807, 2.05) is 0 Å². The average Bonchev–Trinajstić information content (AvgIpc) is 2.17. The Balaban J connectivity index is 2.04. The molecule has 86 valence electrons. The largest absolute Gasteiger partial charge is 0.481 e. The number of carboxylic acids is 1. The quantitative estimate of drug-likeness (QED) is 0.860. The summed E-state index contributed by atoms with van der Waals surface area (Å²) in [5.41, 5.74) is 0.662. The van der Waals surface area contributed by atoms with Crippen LogP contribution >= 0.6 is 0 Å². The van der Waals surface area contributed by atoms with Crippen LogP contribution in [0.1, 0.15) is 18.4 Å². The van der Waals surface area contributed by atoms with E-state index in [2.05, 4.69) is 0 Å². The van der Waals surface area contributed by atoms with Crippen molar-refractivity contribution in [2.24, 2.45) is 11.8 Å². The number of aliphatic carboxylic acids is 1.